The molecule has 1 aromatic carbocycles. The molecule has 0 saturated heterocycles. The number of rotatable bonds is 7. The molecule has 0 aliphatic heterocycles. The Kier molecular flexibility index (Phi) is 6.55. The number of aromatic nitrogens is 4. The van der Waals surface area contributed by atoms with Crippen LogP contribution in [0.25, 0.3) is 16.8 Å². The number of aromatic amines is 1. The number of aryl methyl sites for hydroxylation is 1. The zero-order valence-corrected chi connectivity index (χ0v) is 17.6. The van der Waals surface area contributed by atoms with Gasteiger partial charge in [0, 0.05) is 22.2 Å². The Labute approximate surface area is 181 Å². The van der Waals surface area contributed by atoms with Gasteiger partial charge in [-0.05, 0) is 66.6 Å². The van der Waals surface area contributed by atoms with E-state index in [1.54, 1.807) is 17.4 Å². The number of nitrogens with zero attached hydrogens (tertiary/aromatic N) is 3. The second-order valence-corrected chi connectivity index (χ2v) is 9.24. The van der Waals surface area contributed by atoms with Crippen molar-refractivity contribution in [2.24, 2.45) is 11.8 Å². The summed E-state index contributed by atoms with van der Waals surface area (Å²) in [6.45, 7) is 0. The quantitative estimate of drug-likeness (QED) is 0.505. The zero-order valence-electron chi connectivity index (χ0n) is 16.0. The fourth-order valence-corrected chi connectivity index (χ4v) is 5.49. The lowest BCUT2D eigenvalue weighted by Gasteiger charge is -2.20. The highest BCUT2D eigenvalue weighted by atomic mass is 35.5. The second kappa shape index (κ2) is 9.32. The van der Waals surface area contributed by atoms with Gasteiger partial charge in [-0.15, -0.1) is 33.1 Å². The van der Waals surface area contributed by atoms with Gasteiger partial charge in [0.25, 0.3) is 0 Å². The minimum absolute atomic E-state index is 0.105. The van der Waals surface area contributed by atoms with E-state index in [1.807, 2.05) is 12.1 Å². The van der Waals surface area contributed by atoms with Crippen molar-refractivity contribution in [2.45, 2.75) is 37.2 Å². The third-order valence-corrected chi connectivity index (χ3v) is 7.10. The average Bonchev–Trinajstić information content (AvgIpc) is 3.41. The fraction of sp³-hybridized carbons (Fsp3) is 0.381. The minimum atomic E-state index is -0.621. The summed E-state index contributed by atoms with van der Waals surface area (Å²) >= 11 is 8.15. The Hall–Kier alpha value is -2.16. The van der Waals surface area contributed by atoms with E-state index in [9.17, 15) is 13.9 Å². The highest BCUT2D eigenvalue weighted by Gasteiger charge is 2.39. The molecule has 4 atom stereocenters. The number of aliphatic hydroxyl groups excluding tert-OH is 1. The van der Waals surface area contributed by atoms with Gasteiger partial charge < -0.3 is 5.11 Å². The normalized spacial score (nSPS) is 24.1. The highest BCUT2D eigenvalue weighted by Crippen LogP contribution is 2.40. The van der Waals surface area contributed by atoms with Crippen molar-refractivity contribution in [1.29, 1.82) is 0 Å². The van der Waals surface area contributed by atoms with E-state index in [0.717, 1.165) is 30.2 Å². The lowest BCUT2D eigenvalue weighted by molar-refractivity contribution is 0.140. The van der Waals surface area contributed by atoms with Gasteiger partial charge in [0.05, 0.1) is 11.0 Å². The highest BCUT2D eigenvalue weighted by molar-refractivity contribution is 7.15. The van der Waals surface area contributed by atoms with Crippen LogP contribution in [0.3, 0.4) is 0 Å². The third-order valence-electron chi connectivity index (χ3n) is 5.45. The Morgan fingerprint density at radius 2 is 2.03 bits per heavy atom. The molecule has 2 aromatic heterocycles. The van der Waals surface area contributed by atoms with E-state index in [2.05, 4.69) is 26.7 Å². The molecular formula is C21H21ClF2N4OS. The maximum Gasteiger partial charge on any atom is 0.214 e. The molecule has 1 fully saturated rings. The Bertz CT molecular complexity index is 990. The van der Waals surface area contributed by atoms with E-state index in [1.165, 1.54) is 17.0 Å². The van der Waals surface area contributed by atoms with Crippen molar-refractivity contribution >= 4 is 29.0 Å². The van der Waals surface area contributed by atoms with Crippen LogP contribution in [0.15, 0.2) is 36.4 Å². The SMILES string of the molecule is O[C@@H]1C[C@@H](Cl)[C@H](CCCc2ccc(-c3nn[nH]n3)s2)[C@H]1C=Cc1cc(F)cc(F)c1. The summed E-state index contributed by atoms with van der Waals surface area (Å²) in [6, 6.07) is 7.43. The molecule has 0 bridgehead atoms. The number of alkyl halides is 1. The first-order valence-corrected chi connectivity index (χ1v) is 11.0. The number of tetrazole rings is 1. The molecule has 4 rings (SSSR count). The Morgan fingerprint density at radius 1 is 1.23 bits per heavy atom. The fourth-order valence-electron chi connectivity index (χ4n) is 4.04. The molecule has 30 heavy (non-hydrogen) atoms. The molecule has 0 spiro atoms. The van der Waals surface area contributed by atoms with Crippen molar-refractivity contribution in [3.63, 3.8) is 0 Å². The number of hydrogen-bond acceptors (Lipinski definition) is 5. The largest absolute Gasteiger partial charge is 0.392 e. The molecular weight excluding hydrogens is 430 g/mol. The number of H-pyrrole nitrogens is 1. The number of aliphatic hydroxyl groups is 1. The lowest BCUT2D eigenvalue weighted by Crippen LogP contribution is -2.18. The van der Waals surface area contributed by atoms with E-state index in [4.69, 9.17) is 11.6 Å². The van der Waals surface area contributed by atoms with Crippen LogP contribution in [-0.2, 0) is 6.42 Å². The summed E-state index contributed by atoms with van der Waals surface area (Å²) in [7, 11) is 0. The number of halogens is 3. The van der Waals surface area contributed by atoms with Crippen LogP contribution in [0.1, 0.15) is 29.7 Å². The molecule has 0 radical (unpaired) electrons. The average molecular weight is 451 g/mol. The first-order valence-electron chi connectivity index (χ1n) is 9.78. The summed E-state index contributed by atoms with van der Waals surface area (Å²) in [4.78, 5) is 2.19. The first-order chi connectivity index (χ1) is 14.5. The topological polar surface area (TPSA) is 74.7 Å². The summed E-state index contributed by atoms with van der Waals surface area (Å²) in [5.41, 5.74) is 0.434. The summed E-state index contributed by atoms with van der Waals surface area (Å²) in [5, 5.41) is 24.3. The van der Waals surface area contributed by atoms with Crippen LogP contribution in [0.5, 0.6) is 0 Å². The molecule has 1 saturated carbocycles. The van der Waals surface area contributed by atoms with Crippen LogP contribution in [0.4, 0.5) is 8.78 Å². The molecule has 9 heteroatoms. The predicted octanol–water partition coefficient (Wildman–Crippen LogP) is 4.85. The summed E-state index contributed by atoms with van der Waals surface area (Å²) < 4.78 is 26.8. The van der Waals surface area contributed by atoms with E-state index in [0.29, 0.717) is 17.8 Å². The van der Waals surface area contributed by atoms with Gasteiger partial charge in [-0.3, -0.25) is 0 Å². The Balaban J connectivity index is 1.37. The molecule has 5 nitrogen and oxygen atoms in total. The van der Waals surface area contributed by atoms with Gasteiger partial charge in [0.15, 0.2) is 0 Å². The molecule has 158 valence electrons. The molecule has 3 aromatic rings. The Morgan fingerprint density at radius 3 is 2.77 bits per heavy atom. The van der Waals surface area contributed by atoms with Crippen molar-refractivity contribution in [3.8, 4) is 10.7 Å². The van der Waals surface area contributed by atoms with Gasteiger partial charge >= 0.3 is 0 Å². The third kappa shape index (κ3) is 4.94. The van der Waals surface area contributed by atoms with Crippen LogP contribution >= 0.6 is 22.9 Å². The van der Waals surface area contributed by atoms with Gasteiger partial charge in [0.1, 0.15) is 11.6 Å². The first kappa shape index (κ1) is 21.1. The van der Waals surface area contributed by atoms with Crippen molar-refractivity contribution in [2.75, 3.05) is 0 Å². The van der Waals surface area contributed by atoms with Crippen molar-refractivity contribution in [3.05, 3.63) is 58.5 Å². The smallest absolute Gasteiger partial charge is 0.214 e. The number of hydrogen-bond donors (Lipinski definition) is 2. The van der Waals surface area contributed by atoms with Crippen LogP contribution in [-0.4, -0.2) is 37.2 Å². The number of nitrogens with one attached hydrogen (secondary N) is 1. The van der Waals surface area contributed by atoms with Crippen LogP contribution < -0.4 is 0 Å². The van der Waals surface area contributed by atoms with Gasteiger partial charge in [-0.25, -0.2) is 8.78 Å². The van der Waals surface area contributed by atoms with Gasteiger partial charge in [0.2, 0.25) is 5.82 Å². The molecule has 2 N–H and O–H groups in total. The molecule has 2 heterocycles. The zero-order chi connectivity index (χ0) is 21.1. The van der Waals surface area contributed by atoms with E-state index < -0.39 is 17.7 Å². The van der Waals surface area contributed by atoms with Crippen molar-refractivity contribution < 1.29 is 13.9 Å². The standard InChI is InChI=1S/C21H21ClF2N4OS/c22-18-11-19(29)17(6-4-12-8-13(23)10-14(24)9-12)16(18)3-1-2-15-5-7-20(30-15)21-25-27-28-26-21/h4-10,16-19,29H,1-3,11H2,(H,25,26,27,28)/t16-,17-,18-,19-/m1/s1. The maximum atomic E-state index is 13.4. The number of thiophene rings is 1. The predicted molar refractivity (Wildman–Crippen MR) is 113 cm³/mol. The van der Waals surface area contributed by atoms with Gasteiger partial charge in [-0.2, -0.15) is 5.21 Å². The van der Waals surface area contributed by atoms with E-state index >= 15 is 0 Å². The maximum absolute atomic E-state index is 13.4. The summed E-state index contributed by atoms with van der Waals surface area (Å²) in [5.74, 6) is -0.691. The second-order valence-electron chi connectivity index (χ2n) is 7.52. The number of benzene rings is 1. The van der Waals surface area contributed by atoms with Crippen LogP contribution in [0, 0.1) is 23.5 Å². The van der Waals surface area contributed by atoms with Crippen LogP contribution in [0.2, 0.25) is 0 Å². The van der Waals surface area contributed by atoms with Crippen molar-refractivity contribution in [1.82, 2.24) is 20.6 Å². The van der Waals surface area contributed by atoms with E-state index in [-0.39, 0.29) is 17.2 Å². The molecule has 1 aliphatic rings. The molecule has 0 amide bonds. The summed E-state index contributed by atoms with van der Waals surface area (Å²) in [6.07, 6.45) is 6.13. The molecule has 1 aliphatic carbocycles. The minimum Gasteiger partial charge on any atom is -0.392 e. The lowest BCUT2D eigenvalue weighted by atomic mass is 9.89. The monoisotopic (exact) mass is 450 g/mol. The van der Waals surface area contributed by atoms with Gasteiger partial charge in [-0.1, -0.05) is 12.2 Å². The molecule has 0 unspecified atom stereocenters.